The second-order valence-corrected chi connectivity index (χ2v) is 8.41. The second kappa shape index (κ2) is 8.39. The van der Waals surface area contributed by atoms with Crippen LogP contribution in [0.3, 0.4) is 0 Å². The minimum Gasteiger partial charge on any atom is -0.0848 e. The summed E-state index contributed by atoms with van der Waals surface area (Å²) in [7, 11) is 0. The summed E-state index contributed by atoms with van der Waals surface area (Å²) in [6.45, 7) is 9.58. The number of hydrogen-bond donors (Lipinski definition) is 0. The normalized spacial score (nSPS) is 32.0. The minimum absolute atomic E-state index is 0.879. The predicted molar refractivity (Wildman–Crippen MR) is 94.4 cm³/mol. The molecule has 0 aromatic rings. The molecule has 1 saturated carbocycles. The molecule has 2 aliphatic carbocycles. The van der Waals surface area contributed by atoms with Gasteiger partial charge >= 0.3 is 0 Å². The molecule has 0 aliphatic heterocycles. The van der Waals surface area contributed by atoms with Gasteiger partial charge < -0.3 is 0 Å². The average molecular weight is 291 g/mol. The fourth-order valence-corrected chi connectivity index (χ4v) is 4.64. The summed E-state index contributed by atoms with van der Waals surface area (Å²) < 4.78 is 0. The van der Waals surface area contributed by atoms with E-state index >= 15 is 0 Å². The van der Waals surface area contributed by atoms with Crippen molar-refractivity contribution in [3.63, 3.8) is 0 Å². The quantitative estimate of drug-likeness (QED) is 0.462. The molecule has 0 N–H and O–H groups in total. The SMILES string of the molecule is CCC(CCC(C)C)C1CCC(C2=CCC(C)CC2)CC1. The molecule has 2 atom stereocenters. The van der Waals surface area contributed by atoms with Crippen LogP contribution in [-0.4, -0.2) is 0 Å². The molecule has 1 fully saturated rings. The Bertz CT molecular complexity index is 317. The molecule has 0 heterocycles. The van der Waals surface area contributed by atoms with Gasteiger partial charge in [0, 0.05) is 0 Å². The van der Waals surface area contributed by atoms with Crippen molar-refractivity contribution in [3.8, 4) is 0 Å². The van der Waals surface area contributed by atoms with Crippen LogP contribution in [0.15, 0.2) is 11.6 Å². The van der Waals surface area contributed by atoms with Crippen LogP contribution in [-0.2, 0) is 0 Å². The smallest absolute Gasteiger partial charge is 0.0203 e. The molecule has 2 unspecified atom stereocenters. The third-order valence-corrected chi connectivity index (χ3v) is 6.31. The minimum atomic E-state index is 0.879. The van der Waals surface area contributed by atoms with Gasteiger partial charge in [-0.05, 0) is 81.0 Å². The van der Waals surface area contributed by atoms with Gasteiger partial charge in [0.15, 0.2) is 0 Å². The van der Waals surface area contributed by atoms with Gasteiger partial charge in [-0.2, -0.15) is 0 Å². The zero-order chi connectivity index (χ0) is 15.2. The lowest BCUT2D eigenvalue weighted by atomic mass is 9.70. The number of hydrogen-bond acceptors (Lipinski definition) is 0. The van der Waals surface area contributed by atoms with Crippen molar-refractivity contribution in [2.45, 2.75) is 91.9 Å². The van der Waals surface area contributed by atoms with Gasteiger partial charge in [-0.25, -0.2) is 0 Å². The summed E-state index contributed by atoms with van der Waals surface area (Å²) in [6.07, 6.45) is 17.1. The van der Waals surface area contributed by atoms with E-state index in [1.807, 2.05) is 5.57 Å². The van der Waals surface area contributed by atoms with E-state index in [1.165, 1.54) is 64.2 Å². The Morgan fingerprint density at radius 2 is 1.76 bits per heavy atom. The lowest BCUT2D eigenvalue weighted by Gasteiger charge is -2.36. The van der Waals surface area contributed by atoms with E-state index in [-0.39, 0.29) is 0 Å². The van der Waals surface area contributed by atoms with Crippen LogP contribution < -0.4 is 0 Å². The summed E-state index contributed by atoms with van der Waals surface area (Å²) in [5.41, 5.74) is 1.83. The molecule has 0 saturated heterocycles. The largest absolute Gasteiger partial charge is 0.0848 e. The Labute approximate surface area is 133 Å². The van der Waals surface area contributed by atoms with Crippen molar-refractivity contribution >= 4 is 0 Å². The first-order valence-electron chi connectivity index (χ1n) is 9.79. The van der Waals surface area contributed by atoms with Gasteiger partial charge in [0.1, 0.15) is 0 Å². The average Bonchev–Trinajstić information content (AvgIpc) is 2.49. The molecule has 0 nitrogen and oxygen atoms in total. The highest BCUT2D eigenvalue weighted by Crippen LogP contribution is 2.42. The van der Waals surface area contributed by atoms with Crippen molar-refractivity contribution in [2.75, 3.05) is 0 Å². The van der Waals surface area contributed by atoms with Gasteiger partial charge in [0.05, 0.1) is 0 Å². The summed E-state index contributed by atoms with van der Waals surface area (Å²) in [5, 5.41) is 0. The van der Waals surface area contributed by atoms with E-state index in [2.05, 4.69) is 33.8 Å². The molecule has 2 aliphatic rings. The highest BCUT2D eigenvalue weighted by atomic mass is 14.3. The van der Waals surface area contributed by atoms with Crippen LogP contribution in [0.4, 0.5) is 0 Å². The van der Waals surface area contributed by atoms with Crippen LogP contribution in [0.5, 0.6) is 0 Å². The fraction of sp³-hybridized carbons (Fsp3) is 0.905. The molecule has 0 aromatic heterocycles. The maximum Gasteiger partial charge on any atom is -0.0203 e. The highest BCUT2D eigenvalue weighted by Gasteiger charge is 2.28. The summed E-state index contributed by atoms with van der Waals surface area (Å²) in [4.78, 5) is 0. The Morgan fingerprint density at radius 3 is 2.29 bits per heavy atom. The molecule has 122 valence electrons. The Morgan fingerprint density at radius 1 is 1.05 bits per heavy atom. The van der Waals surface area contributed by atoms with Gasteiger partial charge in [0.25, 0.3) is 0 Å². The van der Waals surface area contributed by atoms with Crippen molar-refractivity contribution in [3.05, 3.63) is 11.6 Å². The summed E-state index contributed by atoms with van der Waals surface area (Å²) >= 11 is 0. The zero-order valence-corrected chi connectivity index (χ0v) is 15.0. The lowest BCUT2D eigenvalue weighted by molar-refractivity contribution is 0.194. The standard InChI is InChI=1S/C21H38/c1-5-18(9-6-16(2)3)19-12-14-21(15-13-19)20-10-7-17(4)8-11-20/h10,16-19,21H,5-9,11-15H2,1-4H3. The van der Waals surface area contributed by atoms with Crippen LogP contribution >= 0.6 is 0 Å². The van der Waals surface area contributed by atoms with Crippen LogP contribution in [0.1, 0.15) is 91.9 Å². The predicted octanol–water partition coefficient (Wildman–Crippen LogP) is 7.00. The Hall–Kier alpha value is -0.260. The Kier molecular flexibility index (Phi) is 6.83. The van der Waals surface area contributed by atoms with Crippen molar-refractivity contribution < 1.29 is 0 Å². The van der Waals surface area contributed by atoms with E-state index in [4.69, 9.17) is 0 Å². The van der Waals surface area contributed by atoms with E-state index in [0.717, 1.165) is 29.6 Å². The van der Waals surface area contributed by atoms with Crippen LogP contribution in [0.2, 0.25) is 0 Å². The first-order chi connectivity index (χ1) is 10.1. The van der Waals surface area contributed by atoms with Crippen molar-refractivity contribution in [2.24, 2.45) is 29.6 Å². The fourth-order valence-electron chi connectivity index (χ4n) is 4.64. The highest BCUT2D eigenvalue weighted by molar-refractivity contribution is 5.11. The molecule has 0 spiro atoms. The summed E-state index contributed by atoms with van der Waals surface area (Å²) in [5.74, 6) is 4.81. The topological polar surface area (TPSA) is 0 Å². The molecule has 0 heteroatoms. The first-order valence-corrected chi connectivity index (χ1v) is 9.79. The van der Waals surface area contributed by atoms with Crippen LogP contribution in [0.25, 0.3) is 0 Å². The van der Waals surface area contributed by atoms with E-state index in [0.29, 0.717) is 0 Å². The van der Waals surface area contributed by atoms with E-state index in [9.17, 15) is 0 Å². The summed E-state index contributed by atoms with van der Waals surface area (Å²) in [6, 6.07) is 0. The number of rotatable bonds is 6. The van der Waals surface area contributed by atoms with Gasteiger partial charge in [-0.1, -0.05) is 52.2 Å². The van der Waals surface area contributed by atoms with Gasteiger partial charge in [-0.15, -0.1) is 0 Å². The van der Waals surface area contributed by atoms with E-state index in [1.54, 1.807) is 0 Å². The van der Waals surface area contributed by atoms with E-state index < -0.39 is 0 Å². The molecule has 0 aromatic carbocycles. The Balaban J connectivity index is 1.79. The first kappa shape index (κ1) is 17.1. The maximum atomic E-state index is 2.61. The lowest BCUT2D eigenvalue weighted by Crippen LogP contribution is -2.23. The monoisotopic (exact) mass is 290 g/mol. The molecule has 2 rings (SSSR count). The zero-order valence-electron chi connectivity index (χ0n) is 15.0. The van der Waals surface area contributed by atoms with Crippen molar-refractivity contribution in [1.82, 2.24) is 0 Å². The van der Waals surface area contributed by atoms with Crippen LogP contribution in [0, 0.1) is 29.6 Å². The molecular weight excluding hydrogens is 252 g/mol. The molecule has 21 heavy (non-hydrogen) atoms. The van der Waals surface area contributed by atoms with Gasteiger partial charge in [0.2, 0.25) is 0 Å². The van der Waals surface area contributed by atoms with Crippen molar-refractivity contribution in [1.29, 1.82) is 0 Å². The molecule has 0 amide bonds. The number of allylic oxidation sites excluding steroid dienone is 2. The molecule has 0 radical (unpaired) electrons. The third kappa shape index (κ3) is 5.15. The van der Waals surface area contributed by atoms with Gasteiger partial charge in [-0.3, -0.25) is 0 Å². The maximum absolute atomic E-state index is 2.61. The molecular formula is C21H38. The second-order valence-electron chi connectivity index (χ2n) is 8.41. The third-order valence-electron chi connectivity index (χ3n) is 6.31. The molecule has 0 bridgehead atoms.